The van der Waals surface area contributed by atoms with Gasteiger partial charge >= 0.3 is 0 Å². The van der Waals surface area contributed by atoms with E-state index in [1.54, 1.807) is 6.92 Å². The fourth-order valence-electron chi connectivity index (χ4n) is 1.58. The molecule has 0 aromatic heterocycles. The van der Waals surface area contributed by atoms with Crippen LogP contribution in [0.5, 0.6) is 0 Å². The predicted octanol–water partition coefficient (Wildman–Crippen LogP) is 2.02. The van der Waals surface area contributed by atoms with E-state index in [0.717, 1.165) is 10.0 Å². The number of hydrogen-bond acceptors (Lipinski definition) is 3. The number of halogens is 1. The number of benzene rings is 1. The van der Waals surface area contributed by atoms with E-state index in [1.807, 2.05) is 31.2 Å². The minimum absolute atomic E-state index is 0.000781. The number of amides is 1. The van der Waals surface area contributed by atoms with Gasteiger partial charge in [-0.15, -0.1) is 0 Å². The summed E-state index contributed by atoms with van der Waals surface area (Å²) in [5.74, 6) is -0.169. The first-order valence-electron chi connectivity index (χ1n) is 5.94. The van der Waals surface area contributed by atoms with Gasteiger partial charge < -0.3 is 16.3 Å². The molecule has 1 unspecified atom stereocenters. The normalized spacial score (nSPS) is 14.8. The molecule has 1 amide bonds. The molecule has 0 fully saturated rings. The maximum atomic E-state index is 12.0. The average molecular weight is 328 g/mol. The lowest BCUT2D eigenvalue weighted by atomic mass is 9.97. The van der Waals surface area contributed by atoms with Crippen LogP contribution in [0.1, 0.15) is 25.8 Å². The van der Waals surface area contributed by atoms with Gasteiger partial charge in [-0.25, -0.2) is 0 Å². The van der Waals surface area contributed by atoms with Crippen LogP contribution in [0, 0.1) is 0 Å². The Morgan fingerprint density at radius 1 is 1.47 bits per heavy atom. The summed E-state index contributed by atoms with van der Waals surface area (Å²) in [4.78, 5) is 12.0. The minimum atomic E-state index is -0.832. The molecule has 5 nitrogen and oxygen atoms in total. The smallest absolute Gasteiger partial charge is 0.225 e. The van der Waals surface area contributed by atoms with Crippen LogP contribution in [0.4, 0.5) is 0 Å². The third kappa shape index (κ3) is 4.24. The van der Waals surface area contributed by atoms with Gasteiger partial charge in [0.05, 0.1) is 12.0 Å². The highest BCUT2D eigenvalue weighted by Crippen LogP contribution is 2.13. The predicted molar refractivity (Wildman–Crippen MR) is 78.1 cm³/mol. The molecule has 1 atom stereocenters. The van der Waals surface area contributed by atoms with Crippen LogP contribution in [0.3, 0.4) is 0 Å². The second kappa shape index (κ2) is 6.56. The average Bonchev–Trinajstić information content (AvgIpc) is 2.40. The van der Waals surface area contributed by atoms with Gasteiger partial charge in [0, 0.05) is 4.47 Å². The minimum Gasteiger partial charge on any atom is -0.409 e. The molecule has 0 saturated carbocycles. The first kappa shape index (κ1) is 15.5. The number of amidine groups is 1. The quantitative estimate of drug-likeness (QED) is 0.334. The Kier molecular flexibility index (Phi) is 5.35. The second-order valence-electron chi connectivity index (χ2n) is 4.52. The zero-order valence-electron chi connectivity index (χ0n) is 11.0. The zero-order valence-corrected chi connectivity index (χ0v) is 12.6. The number of nitrogens with one attached hydrogen (secondary N) is 1. The largest absolute Gasteiger partial charge is 0.409 e. The van der Waals surface area contributed by atoms with Gasteiger partial charge in [0.15, 0.2) is 5.84 Å². The summed E-state index contributed by atoms with van der Waals surface area (Å²) in [6.45, 7) is 3.58. The topological polar surface area (TPSA) is 87.7 Å². The maximum absolute atomic E-state index is 12.0. The van der Waals surface area contributed by atoms with Crippen molar-refractivity contribution < 1.29 is 10.0 Å². The van der Waals surface area contributed by atoms with Crippen LogP contribution < -0.4 is 11.1 Å². The van der Waals surface area contributed by atoms with Gasteiger partial charge in [-0.3, -0.25) is 4.79 Å². The molecule has 0 heterocycles. The van der Waals surface area contributed by atoms with E-state index >= 15 is 0 Å². The summed E-state index contributed by atoms with van der Waals surface area (Å²) in [5, 5.41) is 14.5. The van der Waals surface area contributed by atoms with Crippen molar-refractivity contribution in [2.45, 2.75) is 32.2 Å². The van der Waals surface area contributed by atoms with Crippen LogP contribution in [0.15, 0.2) is 33.9 Å². The molecule has 0 saturated heterocycles. The van der Waals surface area contributed by atoms with Crippen molar-refractivity contribution in [2.75, 3.05) is 0 Å². The number of carbonyl (C=O) groups excluding carboxylic acids is 1. The zero-order chi connectivity index (χ0) is 14.5. The highest BCUT2D eigenvalue weighted by Gasteiger charge is 2.29. The SMILES string of the molecule is CCC(C)(NC(=O)Cc1ccc(Br)cc1)/C(N)=N/O. The summed E-state index contributed by atoms with van der Waals surface area (Å²) < 4.78 is 0.965. The molecule has 0 aliphatic rings. The molecule has 1 rings (SSSR count). The Labute approximate surface area is 121 Å². The van der Waals surface area contributed by atoms with Gasteiger partial charge in [0.1, 0.15) is 0 Å². The fraction of sp³-hybridized carbons (Fsp3) is 0.385. The molecule has 19 heavy (non-hydrogen) atoms. The summed E-state index contributed by atoms with van der Waals surface area (Å²) in [7, 11) is 0. The summed E-state index contributed by atoms with van der Waals surface area (Å²) >= 11 is 3.34. The Balaban J connectivity index is 2.71. The van der Waals surface area contributed by atoms with Crippen LogP contribution in [0.2, 0.25) is 0 Å². The third-order valence-electron chi connectivity index (χ3n) is 3.07. The molecule has 0 bridgehead atoms. The van der Waals surface area contributed by atoms with Crippen molar-refractivity contribution in [3.8, 4) is 0 Å². The van der Waals surface area contributed by atoms with Crippen LogP contribution in [0.25, 0.3) is 0 Å². The summed E-state index contributed by atoms with van der Waals surface area (Å²) in [6, 6.07) is 7.50. The highest BCUT2D eigenvalue weighted by molar-refractivity contribution is 9.10. The first-order chi connectivity index (χ1) is 8.91. The Morgan fingerprint density at radius 3 is 2.53 bits per heavy atom. The fourth-order valence-corrected chi connectivity index (χ4v) is 1.85. The van der Waals surface area contributed by atoms with Gasteiger partial charge in [-0.1, -0.05) is 40.1 Å². The summed E-state index contributed by atoms with van der Waals surface area (Å²) in [5.41, 5.74) is 5.67. The van der Waals surface area contributed by atoms with E-state index < -0.39 is 5.54 Å². The Bertz CT molecular complexity index is 473. The van der Waals surface area contributed by atoms with Crippen molar-refractivity contribution in [1.29, 1.82) is 0 Å². The molecule has 1 aromatic carbocycles. The van der Waals surface area contributed by atoms with Crippen LogP contribution in [-0.4, -0.2) is 22.5 Å². The lowest BCUT2D eigenvalue weighted by Crippen LogP contribution is -2.55. The molecule has 0 aliphatic carbocycles. The van der Waals surface area contributed by atoms with Crippen molar-refractivity contribution in [3.05, 3.63) is 34.3 Å². The van der Waals surface area contributed by atoms with Gasteiger partial charge in [0.25, 0.3) is 0 Å². The van der Waals surface area contributed by atoms with E-state index in [-0.39, 0.29) is 18.2 Å². The Morgan fingerprint density at radius 2 is 2.05 bits per heavy atom. The number of carbonyl (C=O) groups is 1. The number of nitrogens with two attached hydrogens (primary N) is 1. The number of rotatable bonds is 5. The van der Waals surface area contributed by atoms with Crippen molar-refractivity contribution in [3.63, 3.8) is 0 Å². The van der Waals surface area contributed by atoms with Gasteiger partial charge in [0.2, 0.25) is 5.91 Å². The molecule has 104 valence electrons. The Hall–Kier alpha value is -1.56. The van der Waals surface area contributed by atoms with E-state index in [1.165, 1.54) is 0 Å². The number of hydrogen-bond donors (Lipinski definition) is 3. The molecule has 4 N–H and O–H groups in total. The molecule has 0 spiro atoms. The monoisotopic (exact) mass is 327 g/mol. The van der Waals surface area contributed by atoms with E-state index in [4.69, 9.17) is 10.9 Å². The van der Waals surface area contributed by atoms with Gasteiger partial charge in [-0.05, 0) is 31.0 Å². The van der Waals surface area contributed by atoms with Crippen LogP contribution >= 0.6 is 15.9 Å². The maximum Gasteiger partial charge on any atom is 0.225 e. The molecule has 1 aromatic rings. The molecule has 0 radical (unpaired) electrons. The molecular weight excluding hydrogens is 310 g/mol. The van der Waals surface area contributed by atoms with Crippen molar-refractivity contribution in [2.24, 2.45) is 10.9 Å². The number of oxime groups is 1. The lowest BCUT2D eigenvalue weighted by molar-refractivity contribution is -0.121. The molecule has 0 aliphatic heterocycles. The van der Waals surface area contributed by atoms with Gasteiger partial charge in [-0.2, -0.15) is 0 Å². The van der Waals surface area contributed by atoms with E-state index in [0.29, 0.717) is 6.42 Å². The van der Waals surface area contributed by atoms with E-state index in [2.05, 4.69) is 26.4 Å². The van der Waals surface area contributed by atoms with Crippen molar-refractivity contribution >= 4 is 27.7 Å². The highest BCUT2D eigenvalue weighted by atomic mass is 79.9. The first-order valence-corrected chi connectivity index (χ1v) is 6.74. The summed E-state index contributed by atoms with van der Waals surface area (Å²) in [6.07, 6.45) is 0.788. The van der Waals surface area contributed by atoms with Crippen molar-refractivity contribution in [1.82, 2.24) is 5.32 Å². The lowest BCUT2D eigenvalue weighted by Gasteiger charge is -2.28. The third-order valence-corrected chi connectivity index (χ3v) is 3.60. The number of nitrogens with zero attached hydrogens (tertiary/aromatic N) is 1. The standard InChI is InChI=1S/C13H18BrN3O2/c1-3-13(2,12(15)17-19)16-11(18)8-9-4-6-10(14)7-5-9/h4-7,19H,3,8H2,1-2H3,(H2,15,17)(H,16,18). The molecule has 6 heteroatoms. The second-order valence-corrected chi connectivity index (χ2v) is 5.44. The van der Waals surface area contributed by atoms with Crippen LogP contribution in [-0.2, 0) is 11.2 Å². The molecular formula is C13H18BrN3O2. The van der Waals surface area contributed by atoms with E-state index in [9.17, 15) is 4.79 Å².